The van der Waals surface area contributed by atoms with Crippen molar-refractivity contribution in [3.05, 3.63) is 34.9 Å². The van der Waals surface area contributed by atoms with Gasteiger partial charge in [-0.05, 0) is 17.7 Å². The minimum absolute atomic E-state index is 0.0932. The second-order valence-electron chi connectivity index (χ2n) is 3.35. The second kappa shape index (κ2) is 4.28. The third-order valence-corrected chi connectivity index (χ3v) is 2.68. The number of ether oxygens (including phenoxy) is 1. The first kappa shape index (κ1) is 9.93. The lowest BCUT2D eigenvalue weighted by atomic mass is 10.1. The van der Waals surface area contributed by atoms with Crippen LogP contribution in [0.25, 0.3) is 0 Å². The molecular weight excluding hydrogens is 200 g/mol. The van der Waals surface area contributed by atoms with E-state index in [9.17, 15) is 0 Å². The van der Waals surface area contributed by atoms with E-state index < -0.39 is 0 Å². The number of hydrogen-bond donors (Lipinski definition) is 2. The van der Waals surface area contributed by atoms with E-state index in [0.29, 0.717) is 6.04 Å². The van der Waals surface area contributed by atoms with Crippen molar-refractivity contribution in [2.45, 2.75) is 18.7 Å². The summed E-state index contributed by atoms with van der Waals surface area (Å²) in [7, 11) is 1.70. The Morgan fingerprint density at radius 3 is 2.57 bits per heavy atom. The first-order chi connectivity index (χ1) is 6.79. The Kier molecular flexibility index (Phi) is 3.03. The zero-order chi connectivity index (χ0) is 9.97. The molecule has 3 nitrogen and oxygen atoms in total. The molecule has 0 spiro atoms. The Morgan fingerprint density at radius 1 is 1.29 bits per heavy atom. The van der Waals surface area contributed by atoms with E-state index in [2.05, 4.69) is 10.9 Å². The molecule has 2 unspecified atom stereocenters. The quantitative estimate of drug-likeness (QED) is 0.785. The number of methoxy groups -OCH3 is 1. The van der Waals surface area contributed by atoms with Gasteiger partial charge in [0.1, 0.15) is 6.23 Å². The summed E-state index contributed by atoms with van der Waals surface area (Å²) in [6.07, 6.45) is 1.02. The summed E-state index contributed by atoms with van der Waals surface area (Å²) in [5.41, 5.74) is 7.46. The van der Waals surface area contributed by atoms with Crippen LogP contribution in [0, 0.1) is 0 Å². The summed E-state index contributed by atoms with van der Waals surface area (Å²) in [6, 6.07) is 8.16. The number of hydrogen-bond acceptors (Lipinski definition) is 3. The summed E-state index contributed by atoms with van der Waals surface area (Å²) in [6.45, 7) is 0. The fourth-order valence-corrected chi connectivity index (χ4v) is 1.72. The average Bonchev–Trinajstić information content (AvgIpc) is 2.67. The SMILES string of the molecule is COC1CC(c2ccc(Cl)cc2)NN1. The number of nitrogens with one attached hydrogen (secondary N) is 2. The van der Waals surface area contributed by atoms with Crippen LogP contribution in [0.5, 0.6) is 0 Å². The summed E-state index contributed by atoms with van der Waals surface area (Å²) in [5.74, 6) is 0. The molecule has 14 heavy (non-hydrogen) atoms. The van der Waals surface area contributed by atoms with Crippen LogP contribution in [-0.4, -0.2) is 13.3 Å². The number of benzene rings is 1. The number of rotatable bonds is 2. The molecule has 1 fully saturated rings. The summed E-state index contributed by atoms with van der Waals surface area (Å²) in [4.78, 5) is 0. The molecule has 1 aliphatic heterocycles. The summed E-state index contributed by atoms with van der Waals surface area (Å²) in [5, 5.41) is 0.767. The molecule has 1 saturated heterocycles. The lowest BCUT2D eigenvalue weighted by molar-refractivity contribution is 0.0857. The van der Waals surface area contributed by atoms with Crippen LogP contribution in [0.3, 0.4) is 0 Å². The smallest absolute Gasteiger partial charge is 0.121 e. The van der Waals surface area contributed by atoms with E-state index in [1.165, 1.54) is 5.56 Å². The van der Waals surface area contributed by atoms with E-state index in [1.54, 1.807) is 7.11 Å². The van der Waals surface area contributed by atoms with Gasteiger partial charge in [-0.15, -0.1) is 0 Å². The minimum Gasteiger partial charge on any atom is -0.365 e. The lowest BCUT2D eigenvalue weighted by Gasteiger charge is -2.08. The topological polar surface area (TPSA) is 33.3 Å². The minimum atomic E-state index is 0.0932. The van der Waals surface area contributed by atoms with Crippen molar-refractivity contribution in [3.8, 4) is 0 Å². The third-order valence-electron chi connectivity index (χ3n) is 2.43. The normalized spacial score (nSPS) is 26.7. The monoisotopic (exact) mass is 212 g/mol. The Hall–Kier alpha value is -0.610. The molecule has 1 aromatic rings. The van der Waals surface area contributed by atoms with Crippen molar-refractivity contribution in [2.24, 2.45) is 0 Å². The molecule has 0 bridgehead atoms. The predicted octanol–water partition coefficient (Wildman–Crippen LogP) is 1.85. The number of hydrazine groups is 1. The molecule has 1 heterocycles. The van der Waals surface area contributed by atoms with Gasteiger partial charge in [-0.25, -0.2) is 10.9 Å². The van der Waals surface area contributed by atoms with Crippen molar-refractivity contribution < 1.29 is 4.74 Å². The molecule has 0 radical (unpaired) electrons. The van der Waals surface area contributed by atoms with Crippen molar-refractivity contribution >= 4 is 11.6 Å². The zero-order valence-electron chi connectivity index (χ0n) is 7.96. The molecule has 0 saturated carbocycles. The number of halogens is 1. The van der Waals surface area contributed by atoms with E-state index in [4.69, 9.17) is 16.3 Å². The maximum absolute atomic E-state index is 5.81. The predicted molar refractivity (Wildman–Crippen MR) is 55.9 cm³/mol. The molecule has 2 N–H and O–H groups in total. The molecule has 1 aromatic carbocycles. The highest BCUT2D eigenvalue weighted by atomic mass is 35.5. The van der Waals surface area contributed by atoms with Crippen LogP contribution in [0.2, 0.25) is 5.02 Å². The highest BCUT2D eigenvalue weighted by Crippen LogP contribution is 2.23. The summed E-state index contributed by atoms with van der Waals surface area (Å²) < 4.78 is 5.19. The lowest BCUT2D eigenvalue weighted by Crippen LogP contribution is -2.31. The fraction of sp³-hybridized carbons (Fsp3) is 0.400. The Labute approximate surface area is 88.4 Å². The second-order valence-corrected chi connectivity index (χ2v) is 3.79. The van der Waals surface area contributed by atoms with E-state index in [0.717, 1.165) is 11.4 Å². The molecular formula is C10H13ClN2O. The standard InChI is InChI=1S/C10H13ClN2O/c1-14-10-6-9(12-13-10)7-2-4-8(11)5-3-7/h2-5,9-10,12-13H,6H2,1H3. The molecule has 76 valence electrons. The zero-order valence-corrected chi connectivity index (χ0v) is 8.71. The molecule has 4 heteroatoms. The van der Waals surface area contributed by atoms with Gasteiger partial charge in [0.2, 0.25) is 0 Å². The van der Waals surface area contributed by atoms with Crippen LogP contribution in [0.15, 0.2) is 24.3 Å². The molecule has 0 amide bonds. The fourth-order valence-electron chi connectivity index (χ4n) is 1.60. The largest absolute Gasteiger partial charge is 0.365 e. The molecule has 2 rings (SSSR count). The third kappa shape index (κ3) is 2.07. The van der Waals surface area contributed by atoms with Crippen LogP contribution in [0.1, 0.15) is 18.0 Å². The van der Waals surface area contributed by atoms with E-state index in [1.807, 2.05) is 24.3 Å². The van der Waals surface area contributed by atoms with Gasteiger partial charge in [-0.3, -0.25) is 0 Å². The average molecular weight is 213 g/mol. The van der Waals surface area contributed by atoms with E-state index >= 15 is 0 Å². The molecule has 1 aliphatic rings. The van der Waals surface area contributed by atoms with Crippen molar-refractivity contribution in [1.82, 2.24) is 10.9 Å². The molecule has 2 atom stereocenters. The van der Waals surface area contributed by atoms with Gasteiger partial charge >= 0.3 is 0 Å². The van der Waals surface area contributed by atoms with E-state index in [-0.39, 0.29) is 6.23 Å². The van der Waals surface area contributed by atoms with Crippen molar-refractivity contribution in [3.63, 3.8) is 0 Å². The maximum atomic E-state index is 5.81. The van der Waals surface area contributed by atoms with Gasteiger partial charge < -0.3 is 4.74 Å². The highest BCUT2D eigenvalue weighted by molar-refractivity contribution is 6.30. The van der Waals surface area contributed by atoms with Crippen LogP contribution >= 0.6 is 11.6 Å². The van der Waals surface area contributed by atoms with Crippen molar-refractivity contribution in [2.75, 3.05) is 7.11 Å². The van der Waals surface area contributed by atoms with Gasteiger partial charge in [-0.1, -0.05) is 23.7 Å². The van der Waals surface area contributed by atoms with Crippen molar-refractivity contribution in [1.29, 1.82) is 0 Å². The molecule has 0 aliphatic carbocycles. The maximum Gasteiger partial charge on any atom is 0.121 e. The first-order valence-electron chi connectivity index (χ1n) is 4.59. The van der Waals surface area contributed by atoms with Crippen LogP contribution in [-0.2, 0) is 4.74 Å². The first-order valence-corrected chi connectivity index (χ1v) is 4.96. The Morgan fingerprint density at radius 2 is 2.00 bits per heavy atom. The van der Waals surface area contributed by atoms with Gasteiger partial charge in [0, 0.05) is 18.6 Å². The van der Waals surface area contributed by atoms with Crippen LogP contribution < -0.4 is 10.9 Å². The van der Waals surface area contributed by atoms with Gasteiger partial charge in [0.05, 0.1) is 6.04 Å². The molecule has 0 aromatic heterocycles. The van der Waals surface area contributed by atoms with Gasteiger partial charge in [0.25, 0.3) is 0 Å². The Balaban J connectivity index is 2.06. The summed E-state index contributed by atoms with van der Waals surface area (Å²) >= 11 is 5.81. The Bertz CT molecular complexity index is 301. The van der Waals surface area contributed by atoms with Crippen LogP contribution in [0.4, 0.5) is 0 Å². The van der Waals surface area contributed by atoms with Gasteiger partial charge in [0.15, 0.2) is 0 Å². The highest BCUT2D eigenvalue weighted by Gasteiger charge is 2.24. The van der Waals surface area contributed by atoms with Gasteiger partial charge in [-0.2, -0.15) is 0 Å².